The Morgan fingerprint density at radius 3 is 1.88 bits per heavy atom. The van der Waals surface area contributed by atoms with E-state index in [0.717, 1.165) is 17.1 Å². The molecule has 5 heteroatoms. The molecule has 0 aliphatic heterocycles. The number of nitrogens with zero attached hydrogens (tertiary/aromatic N) is 2. The third-order valence-electron chi connectivity index (χ3n) is 2.33. The van der Waals surface area contributed by atoms with Gasteiger partial charge in [-0.1, -0.05) is 0 Å². The van der Waals surface area contributed by atoms with Gasteiger partial charge in [-0.3, -0.25) is 4.98 Å². The largest absolute Gasteiger partial charge is 0.399 e. The van der Waals surface area contributed by atoms with Crippen molar-refractivity contribution >= 4 is 41.9 Å². The van der Waals surface area contributed by atoms with Crippen molar-refractivity contribution in [2.45, 2.75) is 0 Å². The summed E-state index contributed by atoms with van der Waals surface area (Å²) in [6.45, 7) is 0. The second-order valence-electron chi connectivity index (χ2n) is 3.36. The molecule has 0 fully saturated rings. The molecule has 1 aromatic heterocycles. The maximum absolute atomic E-state index is 5.64. The minimum atomic E-state index is 0. The molecule has 0 saturated heterocycles. The summed E-state index contributed by atoms with van der Waals surface area (Å²) in [5.41, 5.74) is 8.63. The molecule has 2 N–H and O–H groups in total. The van der Waals surface area contributed by atoms with Crippen LogP contribution in [0.1, 0.15) is 0 Å². The van der Waals surface area contributed by atoms with E-state index in [0.29, 0.717) is 0 Å². The Morgan fingerprint density at radius 2 is 1.35 bits per heavy atom. The Balaban J connectivity index is 0.00000128. The first-order chi connectivity index (χ1) is 7.27. The molecule has 17 heavy (non-hydrogen) atoms. The van der Waals surface area contributed by atoms with Crippen molar-refractivity contribution in [3.63, 3.8) is 0 Å². The third-order valence-corrected chi connectivity index (χ3v) is 2.33. The van der Waals surface area contributed by atoms with E-state index in [1.54, 1.807) is 12.4 Å². The fourth-order valence-electron chi connectivity index (χ4n) is 1.41. The second kappa shape index (κ2) is 6.99. The molecule has 1 heterocycles. The minimum Gasteiger partial charge on any atom is -0.399 e. The molecule has 0 radical (unpaired) electrons. The molecule has 2 rings (SSSR count). The van der Waals surface area contributed by atoms with Crippen molar-refractivity contribution in [2.24, 2.45) is 0 Å². The molecule has 1 aromatic carbocycles. The lowest BCUT2D eigenvalue weighted by Crippen LogP contribution is -2.09. The standard InChI is InChI=1S/C12H13N3.2ClH/c1-15(12-6-8-14-9-7-12)11-4-2-10(13)3-5-11;;/h2-9H,13H2,1H3;2*1H. The Morgan fingerprint density at radius 1 is 0.882 bits per heavy atom. The number of rotatable bonds is 2. The first-order valence-corrected chi connectivity index (χ1v) is 4.76. The van der Waals surface area contributed by atoms with Crippen molar-refractivity contribution in [1.82, 2.24) is 4.98 Å². The van der Waals surface area contributed by atoms with Crippen molar-refractivity contribution in [3.05, 3.63) is 48.8 Å². The van der Waals surface area contributed by atoms with Gasteiger partial charge in [-0.05, 0) is 36.4 Å². The number of nitrogens with two attached hydrogens (primary N) is 1. The highest BCUT2D eigenvalue weighted by molar-refractivity contribution is 5.85. The molecule has 3 nitrogen and oxygen atoms in total. The molecule has 0 unspecified atom stereocenters. The summed E-state index contributed by atoms with van der Waals surface area (Å²) in [6.07, 6.45) is 3.56. The predicted molar refractivity (Wildman–Crippen MR) is 77.7 cm³/mol. The van der Waals surface area contributed by atoms with Gasteiger partial charge in [0.2, 0.25) is 0 Å². The number of benzene rings is 1. The van der Waals surface area contributed by atoms with Crippen LogP contribution in [0.4, 0.5) is 17.1 Å². The average molecular weight is 272 g/mol. The number of halogens is 2. The molecule has 0 amide bonds. The van der Waals surface area contributed by atoms with Crippen LogP contribution in [0, 0.1) is 0 Å². The number of hydrogen-bond donors (Lipinski definition) is 1. The van der Waals surface area contributed by atoms with Crippen molar-refractivity contribution in [2.75, 3.05) is 17.7 Å². The molecule has 0 saturated carbocycles. The van der Waals surface area contributed by atoms with E-state index in [1.807, 2.05) is 43.4 Å². The zero-order valence-corrected chi connectivity index (χ0v) is 11.0. The number of pyridine rings is 1. The number of aromatic nitrogens is 1. The Kier molecular flexibility index (Phi) is 6.39. The quantitative estimate of drug-likeness (QED) is 0.853. The summed E-state index contributed by atoms with van der Waals surface area (Å²) < 4.78 is 0. The van der Waals surface area contributed by atoms with Crippen molar-refractivity contribution in [3.8, 4) is 0 Å². The van der Waals surface area contributed by atoms with E-state index in [1.165, 1.54) is 0 Å². The Labute approximate surface area is 113 Å². The predicted octanol–water partition coefficient (Wildman–Crippen LogP) is 3.28. The van der Waals surface area contributed by atoms with E-state index in [2.05, 4.69) is 9.88 Å². The fourth-order valence-corrected chi connectivity index (χ4v) is 1.41. The van der Waals surface area contributed by atoms with Gasteiger partial charge in [-0.15, -0.1) is 24.8 Å². The molecule has 92 valence electrons. The fraction of sp³-hybridized carbons (Fsp3) is 0.0833. The van der Waals surface area contributed by atoms with E-state index < -0.39 is 0 Å². The summed E-state index contributed by atoms with van der Waals surface area (Å²) in [5.74, 6) is 0. The summed E-state index contributed by atoms with van der Waals surface area (Å²) in [4.78, 5) is 6.07. The maximum Gasteiger partial charge on any atom is 0.0438 e. The summed E-state index contributed by atoms with van der Waals surface area (Å²) in [7, 11) is 2.01. The Bertz CT molecular complexity index is 431. The van der Waals surface area contributed by atoms with Gasteiger partial charge in [0.1, 0.15) is 0 Å². The highest BCUT2D eigenvalue weighted by Crippen LogP contribution is 2.23. The first-order valence-electron chi connectivity index (χ1n) is 4.76. The highest BCUT2D eigenvalue weighted by atomic mass is 35.5. The van der Waals surface area contributed by atoms with E-state index in [9.17, 15) is 0 Å². The van der Waals surface area contributed by atoms with Crippen LogP contribution in [0.5, 0.6) is 0 Å². The van der Waals surface area contributed by atoms with Gasteiger partial charge in [-0.2, -0.15) is 0 Å². The van der Waals surface area contributed by atoms with E-state index >= 15 is 0 Å². The summed E-state index contributed by atoms with van der Waals surface area (Å²) in [5, 5.41) is 0. The van der Waals surface area contributed by atoms with Crippen LogP contribution in [-0.2, 0) is 0 Å². The number of hydrogen-bond acceptors (Lipinski definition) is 3. The zero-order valence-electron chi connectivity index (χ0n) is 9.41. The van der Waals surface area contributed by atoms with Gasteiger partial charge in [0.05, 0.1) is 0 Å². The van der Waals surface area contributed by atoms with E-state index in [4.69, 9.17) is 5.73 Å². The molecule has 2 aromatic rings. The molecule has 0 spiro atoms. The van der Waals surface area contributed by atoms with Gasteiger partial charge in [-0.25, -0.2) is 0 Å². The first kappa shape index (κ1) is 15.6. The summed E-state index contributed by atoms with van der Waals surface area (Å²) in [6, 6.07) is 11.7. The monoisotopic (exact) mass is 271 g/mol. The van der Waals surface area contributed by atoms with Crippen LogP contribution in [-0.4, -0.2) is 12.0 Å². The lowest BCUT2D eigenvalue weighted by Gasteiger charge is -2.19. The van der Waals surface area contributed by atoms with Crippen molar-refractivity contribution in [1.29, 1.82) is 0 Å². The lowest BCUT2D eigenvalue weighted by molar-refractivity contribution is 1.19. The van der Waals surface area contributed by atoms with Crippen molar-refractivity contribution < 1.29 is 0 Å². The lowest BCUT2D eigenvalue weighted by atomic mass is 10.2. The molecular weight excluding hydrogens is 257 g/mol. The SMILES string of the molecule is CN(c1ccncc1)c1ccc(N)cc1.Cl.Cl. The molecule has 0 aliphatic rings. The van der Waals surface area contributed by atoms with Gasteiger partial charge in [0, 0.05) is 36.5 Å². The van der Waals surface area contributed by atoms with Crippen LogP contribution in [0.2, 0.25) is 0 Å². The molecule has 0 aliphatic carbocycles. The molecule has 0 atom stereocenters. The van der Waals surface area contributed by atoms with Crippen LogP contribution in [0.15, 0.2) is 48.8 Å². The topological polar surface area (TPSA) is 42.2 Å². The highest BCUT2D eigenvalue weighted by Gasteiger charge is 2.01. The maximum atomic E-state index is 5.64. The molecule has 0 bridgehead atoms. The summed E-state index contributed by atoms with van der Waals surface area (Å²) >= 11 is 0. The Hall–Kier alpha value is -1.45. The van der Waals surface area contributed by atoms with E-state index in [-0.39, 0.29) is 24.8 Å². The minimum absolute atomic E-state index is 0. The van der Waals surface area contributed by atoms with Crippen LogP contribution in [0.25, 0.3) is 0 Å². The van der Waals surface area contributed by atoms with Gasteiger partial charge in [0.15, 0.2) is 0 Å². The van der Waals surface area contributed by atoms with Crippen LogP contribution in [0.3, 0.4) is 0 Å². The molecular formula is C12H15Cl2N3. The van der Waals surface area contributed by atoms with Crippen LogP contribution >= 0.6 is 24.8 Å². The third kappa shape index (κ3) is 3.80. The second-order valence-corrected chi connectivity index (χ2v) is 3.36. The van der Waals surface area contributed by atoms with Gasteiger partial charge in [0.25, 0.3) is 0 Å². The van der Waals surface area contributed by atoms with Gasteiger partial charge < -0.3 is 10.6 Å². The van der Waals surface area contributed by atoms with Crippen LogP contribution < -0.4 is 10.6 Å². The van der Waals surface area contributed by atoms with Gasteiger partial charge >= 0.3 is 0 Å². The number of anilines is 3. The smallest absolute Gasteiger partial charge is 0.0438 e. The zero-order chi connectivity index (χ0) is 10.7. The normalized spacial score (nSPS) is 8.76. The average Bonchev–Trinajstić information content (AvgIpc) is 2.30. The number of nitrogen functional groups attached to an aromatic ring is 1.